The molecule has 0 amide bonds. The van der Waals surface area contributed by atoms with Crippen LogP contribution in [0.1, 0.15) is 18.1 Å². The first kappa shape index (κ1) is 13.6. The first-order valence-corrected chi connectivity index (χ1v) is 5.80. The minimum absolute atomic E-state index is 0.458. The molecular formula is C15H11F4. The van der Waals surface area contributed by atoms with Crippen LogP contribution in [-0.2, 0) is 12.6 Å². The molecular weight excluding hydrogens is 256 g/mol. The van der Waals surface area contributed by atoms with E-state index in [2.05, 4.69) is 6.07 Å². The van der Waals surface area contributed by atoms with Crippen LogP contribution in [-0.4, -0.2) is 0 Å². The summed E-state index contributed by atoms with van der Waals surface area (Å²) in [5, 5.41) is 0. The lowest BCUT2D eigenvalue weighted by molar-refractivity contribution is -0.137. The van der Waals surface area contributed by atoms with E-state index < -0.39 is 17.6 Å². The van der Waals surface area contributed by atoms with Gasteiger partial charge in [-0.25, -0.2) is 4.39 Å². The van der Waals surface area contributed by atoms with Crippen molar-refractivity contribution in [2.45, 2.75) is 19.5 Å². The molecule has 4 heteroatoms. The van der Waals surface area contributed by atoms with Crippen LogP contribution in [0.4, 0.5) is 17.6 Å². The predicted octanol–water partition coefficient (Wildman–Crippen LogP) is 4.87. The van der Waals surface area contributed by atoms with Gasteiger partial charge >= 0.3 is 6.18 Å². The number of alkyl halides is 3. The zero-order valence-electron chi connectivity index (χ0n) is 10.2. The second-order valence-corrected chi connectivity index (χ2v) is 4.11. The van der Waals surface area contributed by atoms with Gasteiger partial charge in [0.15, 0.2) is 0 Å². The molecule has 0 N–H and O–H groups in total. The minimum atomic E-state index is -4.36. The molecule has 19 heavy (non-hydrogen) atoms. The zero-order valence-corrected chi connectivity index (χ0v) is 10.2. The predicted molar refractivity (Wildman–Crippen MR) is 65.1 cm³/mol. The van der Waals surface area contributed by atoms with E-state index in [0.29, 0.717) is 23.1 Å². The van der Waals surface area contributed by atoms with E-state index in [9.17, 15) is 17.6 Å². The Bertz CT molecular complexity index is 568. The summed E-state index contributed by atoms with van der Waals surface area (Å²) in [6.07, 6.45) is -3.90. The number of hydrogen-bond acceptors (Lipinski definition) is 0. The third-order valence-electron chi connectivity index (χ3n) is 2.93. The van der Waals surface area contributed by atoms with Gasteiger partial charge in [-0.1, -0.05) is 31.2 Å². The number of benzene rings is 2. The maximum Gasteiger partial charge on any atom is 0.416 e. The molecule has 0 saturated heterocycles. The van der Waals surface area contributed by atoms with Crippen LogP contribution in [0.3, 0.4) is 0 Å². The average Bonchev–Trinajstić information content (AvgIpc) is 2.37. The van der Waals surface area contributed by atoms with Crippen LogP contribution in [0.25, 0.3) is 11.1 Å². The lowest BCUT2D eigenvalue weighted by Crippen LogP contribution is -2.04. The Balaban J connectivity index is 2.46. The van der Waals surface area contributed by atoms with Gasteiger partial charge < -0.3 is 0 Å². The molecule has 0 unspecified atom stereocenters. The Kier molecular flexibility index (Phi) is 3.60. The van der Waals surface area contributed by atoms with Crippen molar-refractivity contribution < 1.29 is 17.6 Å². The highest BCUT2D eigenvalue weighted by molar-refractivity contribution is 5.67. The Morgan fingerprint density at radius 1 is 1.05 bits per heavy atom. The Hall–Kier alpha value is -1.84. The average molecular weight is 267 g/mol. The molecule has 0 fully saturated rings. The van der Waals surface area contributed by atoms with E-state index in [0.717, 1.165) is 12.1 Å². The van der Waals surface area contributed by atoms with Crippen molar-refractivity contribution in [3.8, 4) is 11.1 Å². The first-order chi connectivity index (χ1) is 8.93. The molecule has 0 nitrogen and oxygen atoms in total. The summed E-state index contributed by atoms with van der Waals surface area (Å²) in [6.45, 7) is 1.79. The molecule has 0 saturated carbocycles. The molecule has 2 aromatic rings. The summed E-state index contributed by atoms with van der Waals surface area (Å²) >= 11 is 0. The molecule has 0 atom stereocenters. The molecule has 2 aromatic carbocycles. The van der Waals surface area contributed by atoms with E-state index in [1.165, 1.54) is 18.2 Å². The van der Waals surface area contributed by atoms with E-state index in [4.69, 9.17) is 0 Å². The summed E-state index contributed by atoms with van der Waals surface area (Å²) < 4.78 is 51.0. The molecule has 0 bridgehead atoms. The van der Waals surface area contributed by atoms with Crippen LogP contribution < -0.4 is 0 Å². The summed E-state index contributed by atoms with van der Waals surface area (Å²) in [5.41, 5.74) is 0.921. The van der Waals surface area contributed by atoms with E-state index in [-0.39, 0.29) is 0 Å². The van der Waals surface area contributed by atoms with Crippen molar-refractivity contribution >= 4 is 0 Å². The van der Waals surface area contributed by atoms with Crippen molar-refractivity contribution in [1.82, 2.24) is 0 Å². The molecule has 0 spiro atoms. The highest BCUT2D eigenvalue weighted by atomic mass is 19.4. The molecule has 0 aliphatic carbocycles. The molecule has 0 heterocycles. The van der Waals surface area contributed by atoms with Crippen LogP contribution in [0.15, 0.2) is 36.4 Å². The van der Waals surface area contributed by atoms with Crippen molar-refractivity contribution in [2.24, 2.45) is 0 Å². The summed E-state index contributed by atoms with van der Waals surface area (Å²) in [4.78, 5) is 0. The van der Waals surface area contributed by atoms with E-state index in [1.807, 2.05) is 0 Å². The van der Waals surface area contributed by atoms with Gasteiger partial charge in [-0.05, 0) is 35.2 Å². The topological polar surface area (TPSA) is 0 Å². The number of hydrogen-bond donors (Lipinski definition) is 0. The fourth-order valence-electron chi connectivity index (χ4n) is 1.96. The van der Waals surface area contributed by atoms with Gasteiger partial charge in [0, 0.05) is 6.07 Å². The fourth-order valence-corrected chi connectivity index (χ4v) is 1.96. The zero-order chi connectivity index (χ0) is 14.0. The normalized spacial score (nSPS) is 11.6. The highest BCUT2D eigenvalue weighted by Crippen LogP contribution is 2.32. The standard InChI is InChI=1S/C15H11F4/c1-2-12-13(4-3-5-14(12)16)10-6-8-11(9-7-10)15(17,18)19/h3-4,6-9H,2H2,1H3. The minimum Gasteiger partial charge on any atom is -0.206 e. The van der Waals surface area contributed by atoms with Gasteiger partial charge in [-0.15, -0.1) is 0 Å². The maximum absolute atomic E-state index is 13.6. The third kappa shape index (κ3) is 2.78. The van der Waals surface area contributed by atoms with Crippen LogP contribution in [0.2, 0.25) is 0 Å². The van der Waals surface area contributed by atoms with Gasteiger partial charge in [-0.2, -0.15) is 13.2 Å². The molecule has 0 aromatic heterocycles. The van der Waals surface area contributed by atoms with Crippen LogP contribution >= 0.6 is 0 Å². The van der Waals surface area contributed by atoms with Crippen molar-refractivity contribution in [1.29, 1.82) is 0 Å². The number of rotatable bonds is 2. The van der Waals surface area contributed by atoms with Crippen molar-refractivity contribution in [2.75, 3.05) is 0 Å². The second kappa shape index (κ2) is 5.03. The summed E-state index contributed by atoms with van der Waals surface area (Å²) in [7, 11) is 0. The molecule has 1 radical (unpaired) electrons. The smallest absolute Gasteiger partial charge is 0.206 e. The van der Waals surface area contributed by atoms with Crippen molar-refractivity contribution in [3.63, 3.8) is 0 Å². The van der Waals surface area contributed by atoms with Gasteiger partial charge in [0.25, 0.3) is 0 Å². The SMILES string of the molecule is CCc1c(F)[c]ccc1-c1ccc(C(F)(F)F)cc1. The maximum atomic E-state index is 13.6. The molecule has 0 aliphatic heterocycles. The molecule has 99 valence electrons. The van der Waals surface area contributed by atoms with Gasteiger partial charge in [0.05, 0.1) is 5.56 Å². The summed E-state index contributed by atoms with van der Waals surface area (Å²) in [5.74, 6) is -0.458. The van der Waals surface area contributed by atoms with Gasteiger partial charge in [0.1, 0.15) is 5.82 Å². The largest absolute Gasteiger partial charge is 0.416 e. The highest BCUT2D eigenvalue weighted by Gasteiger charge is 2.30. The Morgan fingerprint density at radius 2 is 1.68 bits per heavy atom. The van der Waals surface area contributed by atoms with Gasteiger partial charge in [-0.3, -0.25) is 0 Å². The van der Waals surface area contributed by atoms with Crippen LogP contribution in [0, 0.1) is 11.9 Å². The quantitative estimate of drug-likeness (QED) is 0.681. The van der Waals surface area contributed by atoms with Crippen LogP contribution in [0.5, 0.6) is 0 Å². The molecule has 2 rings (SSSR count). The lowest BCUT2D eigenvalue weighted by atomic mass is 9.97. The Labute approximate surface area is 108 Å². The second-order valence-electron chi connectivity index (χ2n) is 4.11. The molecule has 0 aliphatic rings. The first-order valence-electron chi connectivity index (χ1n) is 5.80. The van der Waals surface area contributed by atoms with E-state index in [1.54, 1.807) is 13.0 Å². The van der Waals surface area contributed by atoms with E-state index >= 15 is 0 Å². The Morgan fingerprint density at radius 3 is 2.21 bits per heavy atom. The van der Waals surface area contributed by atoms with Crippen molar-refractivity contribution in [3.05, 3.63) is 59.4 Å². The monoisotopic (exact) mass is 267 g/mol. The van der Waals surface area contributed by atoms with Gasteiger partial charge in [0.2, 0.25) is 0 Å². The lowest BCUT2D eigenvalue weighted by Gasteiger charge is -2.11. The third-order valence-corrected chi connectivity index (χ3v) is 2.93. The fraction of sp³-hybridized carbons (Fsp3) is 0.200. The number of halogens is 4. The summed E-state index contributed by atoms with van der Waals surface area (Å²) in [6, 6.07) is 10.3.